The molecule has 2 aromatic rings. The number of amidine groups is 1. The fraction of sp³-hybridized carbons (Fsp3) is 0.250. The lowest BCUT2D eigenvalue weighted by Gasteiger charge is -1.98. The number of nitrogens with two attached hydrogens (primary N) is 1. The lowest BCUT2D eigenvalue weighted by molar-refractivity contribution is -0.106. The minimum atomic E-state index is -0.446. The van der Waals surface area contributed by atoms with Crippen LogP contribution in [0.15, 0.2) is 32.4 Å². The Bertz CT molecular complexity index is 638. The molecule has 0 aliphatic carbocycles. The molecule has 0 spiro atoms. The Kier molecular flexibility index (Phi) is 4.42. The lowest BCUT2D eigenvalue weighted by Crippen LogP contribution is -2.13. The highest BCUT2D eigenvalue weighted by molar-refractivity contribution is 6.02. The number of benzene rings is 1. The van der Waals surface area contributed by atoms with E-state index in [-0.39, 0.29) is 5.84 Å². The number of oxazole rings is 1. The second kappa shape index (κ2) is 5.81. The van der Waals surface area contributed by atoms with Gasteiger partial charge in [0.15, 0.2) is 5.58 Å². The predicted octanol–water partition coefficient (Wildman–Crippen LogP) is 1.02. The first-order valence-electron chi connectivity index (χ1n) is 5.50. The first kappa shape index (κ1) is 13.7. The van der Waals surface area contributed by atoms with Crippen molar-refractivity contribution in [3.63, 3.8) is 0 Å². The quantitative estimate of drug-likeness (QED) is 0.488. The zero-order valence-corrected chi connectivity index (χ0v) is 10.5. The molecule has 96 valence electrons. The fourth-order valence-corrected chi connectivity index (χ4v) is 1.42. The third-order valence-corrected chi connectivity index (χ3v) is 2.28. The Morgan fingerprint density at radius 1 is 1.44 bits per heavy atom. The van der Waals surface area contributed by atoms with Gasteiger partial charge in [-0.1, -0.05) is 13.8 Å². The van der Waals surface area contributed by atoms with Crippen molar-refractivity contribution < 1.29 is 9.21 Å². The van der Waals surface area contributed by atoms with Crippen LogP contribution in [0.5, 0.6) is 0 Å². The van der Waals surface area contributed by atoms with Gasteiger partial charge in [-0.3, -0.25) is 9.36 Å². The van der Waals surface area contributed by atoms with Crippen LogP contribution in [0.1, 0.15) is 19.4 Å². The van der Waals surface area contributed by atoms with E-state index < -0.39 is 5.76 Å². The van der Waals surface area contributed by atoms with E-state index in [1.807, 2.05) is 13.8 Å². The molecule has 6 heteroatoms. The van der Waals surface area contributed by atoms with Gasteiger partial charge < -0.3 is 10.2 Å². The molecule has 0 saturated carbocycles. The Labute approximate surface area is 104 Å². The summed E-state index contributed by atoms with van der Waals surface area (Å²) >= 11 is 0. The number of aromatic nitrogens is 1. The van der Waals surface area contributed by atoms with Crippen molar-refractivity contribution in [2.24, 2.45) is 17.8 Å². The molecule has 0 radical (unpaired) electrons. The highest BCUT2D eigenvalue weighted by atomic mass is 16.4. The molecule has 6 nitrogen and oxygen atoms in total. The number of carbonyl (C=O) groups excluding carboxylic acids is 1. The summed E-state index contributed by atoms with van der Waals surface area (Å²) in [6, 6.07) is 4.88. The number of hydrogen-bond acceptors (Lipinski definition) is 3. The van der Waals surface area contributed by atoms with Gasteiger partial charge in [0, 0.05) is 12.6 Å². The van der Waals surface area contributed by atoms with Gasteiger partial charge >= 0.3 is 5.76 Å². The molecule has 18 heavy (non-hydrogen) atoms. The maximum Gasteiger partial charge on any atom is 0.419 e. The molecular formula is C12H15N3O3. The van der Waals surface area contributed by atoms with Gasteiger partial charge in [-0.15, -0.1) is 0 Å². The molecule has 0 atom stereocenters. The Morgan fingerprint density at radius 3 is 2.72 bits per heavy atom. The Hall–Kier alpha value is -2.37. The average Bonchev–Trinajstić information content (AvgIpc) is 2.68. The summed E-state index contributed by atoms with van der Waals surface area (Å²) in [6.07, 6.45) is 0.369. The molecule has 0 saturated heterocycles. The summed E-state index contributed by atoms with van der Waals surface area (Å²) < 4.78 is 6.30. The molecule has 1 heterocycles. The minimum Gasteiger partial charge on any atom is -0.408 e. The molecule has 0 aliphatic heterocycles. The average molecular weight is 249 g/mol. The Balaban J connectivity index is 0.000000771. The fourth-order valence-electron chi connectivity index (χ4n) is 1.42. The highest BCUT2D eigenvalue weighted by Crippen LogP contribution is 2.13. The van der Waals surface area contributed by atoms with Gasteiger partial charge in [0.25, 0.3) is 0 Å². The molecule has 1 aromatic heterocycles. The third-order valence-electron chi connectivity index (χ3n) is 2.28. The molecule has 0 unspecified atom stereocenters. The first-order chi connectivity index (χ1) is 8.63. The minimum absolute atomic E-state index is 0.102. The van der Waals surface area contributed by atoms with Gasteiger partial charge in [-0.25, -0.2) is 4.79 Å². The number of hydrogen-bond donors (Lipinski definition) is 1. The number of aliphatic imine (C=N–C) groups is 1. The van der Waals surface area contributed by atoms with Crippen LogP contribution in [0.25, 0.3) is 11.1 Å². The highest BCUT2D eigenvalue weighted by Gasteiger charge is 2.07. The maximum absolute atomic E-state index is 11.2. The van der Waals surface area contributed by atoms with E-state index in [2.05, 4.69) is 4.99 Å². The molecule has 2 rings (SSSR count). The van der Waals surface area contributed by atoms with Gasteiger partial charge in [-0.2, -0.15) is 4.99 Å². The third kappa shape index (κ3) is 2.48. The number of amides is 1. The normalized spacial score (nSPS) is 10.9. The van der Waals surface area contributed by atoms with E-state index in [1.165, 1.54) is 4.57 Å². The van der Waals surface area contributed by atoms with E-state index in [4.69, 9.17) is 10.2 Å². The zero-order valence-electron chi connectivity index (χ0n) is 10.5. The van der Waals surface area contributed by atoms with Gasteiger partial charge in [0.2, 0.25) is 6.41 Å². The van der Waals surface area contributed by atoms with E-state index in [1.54, 1.807) is 25.2 Å². The summed E-state index contributed by atoms with van der Waals surface area (Å²) in [5.74, 6) is -0.344. The van der Waals surface area contributed by atoms with E-state index in [9.17, 15) is 9.59 Å². The predicted molar refractivity (Wildman–Crippen MR) is 69.6 cm³/mol. The summed E-state index contributed by atoms with van der Waals surface area (Å²) in [7, 11) is 1.59. The molecule has 1 amide bonds. The van der Waals surface area contributed by atoms with Gasteiger partial charge in [0.05, 0.1) is 5.52 Å². The summed E-state index contributed by atoms with van der Waals surface area (Å²) in [5.41, 5.74) is 7.19. The van der Waals surface area contributed by atoms with Crippen LogP contribution in [0, 0.1) is 0 Å². The van der Waals surface area contributed by atoms with Crippen molar-refractivity contribution in [2.75, 3.05) is 0 Å². The molecule has 0 fully saturated rings. The molecule has 0 aliphatic rings. The SMILES string of the molecule is CC.Cn1c(=O)oc2ccc(C(N)=NC=O)cc21. The van der Waals surface area contributed by atoms with E-state index in [0.717, 1.165) is 0 Å². The van der Waals surface area contributed by atoms with Crippen molar-refractivity contribution in [3.05, 3.63) is 34.3 Å². The summed E-state index contributed by atoms with van der Waals surface area (Å²) in [6.45, 7) is 4.00. The largest absolute Gasteiger partial charge is 0.419 e. The molecule has 0 bridgehead atoms. The number of carbonyl (C=O) groups is 1. The van der Waals surface area contributed by atoms with Crippen LogP contribution >= 0.6 is 0 Å². The van der Waals surface area contributed by atoms with Crippen molar-refractivity contribution >= 4 is 23.3 Å². The first-order valence-corrected chi connectivity index (χ1v) is 5.50. The topological polar surface area (TPSA) is 90.6 Å². The molecular weight excluding hydrogens is 234 g/mol. The number of nitrogens with zero attached hydrogens (tertiary/aromatic N) is 2. The van der Waals surface area contributed by atoms with Crippen molar-refractivity contribution in [1.82, 2.24) is 4.57 Å². The zero-order chi connectivity index (χ0) is 13.7. The van der Waals surface area contributed by atoms with Crippen LogP contribution < -0.4 is 11.5 Å². The lowest BCUT2D eigenvalue weighted by atomic mass is 10.2. The summed E-state index contributed by atoms with van der Waals surface area (Å²) in [4.78, 5) is 24.8. The Morgan fingerprint density at radius 2 is 2.11 bits per heavy atom. The van der Waals surface area contributed by atoms with Crippen LogP contribution in [-0.4, -0.2) is 16.8 Å². The van der Waals surface area contributed by atoms with Gasteiger partial charge in [-0.05, 0) is 18.2 Å². The number of rotatable bonds is 2. The standard InChI is InChI=1S/C10H9N3O3.C2H6/c1-13-7-4-6(9(11)12-5-14)2-3-8(7)16-10(13)15;1-2/h2-5H,1H3,(H2,11,12,14);1-2H3. The van der Waals surface area contributed by atoms with Crippen LogP contribution in [0.2, 0.25) is 0 Å². The van der Waals surface area contributed by atoms with Crippen LogP contribution in [0.3, 0.4) is 0 Å². The molecule has 1 aromatic carbocycles. The second-order valence-corrected chi connectivity index (χ2v) is 3.23. The number of fused-ring (bicyclic) bond motifs is 1. The number of aryl methyl sites for hydroxylation is 1. The molecule has 2 N–H and O–H groups in total. The van der Waals surface area contributed by atoms with E-state index >= 15 is 0 Å². The maximum atomic E-state index is 11.2. The van der Waals surface area contributed by atoms with E-state index in [0.29, 0.717) is 23.1 Å². The smallest absolute Gasteiger partial charge is 0.408 e. The summed E-state index contributed by atoms with van der Waals surface area (Å²) in [5, 5.41) is 0. The van der Waals surface area contributed by atoms with Crippen molar-refractivity contribution in [1.29, 1.82) is 0 Å². The van der Waals surface area contributed by atoms with Crippen molar-refractivity contribution in [3.8, 4) is 0 Å². The monoisotopic (exact) mass is 249 g/mol. The van der Waals surface area contributed by atoms with Gasteiger partial charge in [0.1, 0.15) is 5.84 Å². The van der Waals surface area contributed by atoms with Crippen LogP contribution in [0.4, 0.5) is 0 Å². The second-order valence-electron chi connectivity index (χ2n) is 3.23. The van der Waals surface area contributed by atoms with Crippen molar-refractivity contribution in [2.45, 2.75) is 13.8 Å². The van der Waals surface area contributed by atoms with Crippen LogP contribution in [-0.2, 0) is 11.8 Å².